The molecule has 0 fully saturated rings. The molecule has 0 saturated carbocycles. The molecule has 3 N–H and O–H groups in total. The van der Waals surface area contributed by atoms with Gasteiger partial charge >= 0.3 is 0 Å². The molecule has 2 atom stereocenters. The number of nitrogens with one attached hydrogen (secondary N) is 1. The summed E-state index contributed by atoms with van der Waals surface area (Å²) in [4.78, 5) is 10.9. The number of rotatable bonds is 6. The van der Waals surface area contributed by atoms with Gasteiger partial charge in [0.2, 0.25) is 5.91 Å². The van der Waals surface area contributed by atoms with E-state index in [4.69, 9.17) is 14.9 Å². The second-order valence-corrected chi connectivity index (χ2v) is 4.99. The summed E-state index contributed by atoms with van der Waals surface area (Å²) in [6, 6.07) is 7.73. The van der Waals surface area contributed by atoms with E-state index >= 15 is 0 Å². The number of hydrogen-bond acceptors (Lipinski definition) is 4. The van der Waals surface area contributed by atoms with Crippen molar-refractivity contribution in [3.63, 3.8) is 0 Å². The molecule has 108 valence electrons. The number of methoxy groups -OCH3 is 1. The number of ether oxygens (including phenoxy) is 1. The van der Waals surface area contributed by atoms with E-state index in [-0.39, 0.29) is 18.0 Å². The molecule has 1 aromatic heterocycles. The largest absolute Gasteiger partial charge is 0.493 e. The Hall–Kier alpha value is -2.01. The quantitative estimate of drug-likeness (QED) is 0.849. The standard InChI is InChI=1S/C15H20N2O3/c1-9(7-14(16)18)17-10(2)13-8-11-5-4-6-12(19-3)15(11)20-13/h4-6,8-10,17H,7H2,1-3H3,(H2,16,18). The van der Waals surface area contributed by atoms with E-state index < -0.39 is 0 Å². The molecular weight excluding hydrogens is 256 g/mol. The monoisotopic (exact) mass is 276 g/mol. The second kappa shape index (κ2) is 5.96. The maximum Gasteiger partial charge on any atom is 0.218 e. The van der Waals surface area contributed by atoms with Gasteiger partial charge in [0.05, 0.1) is 13.2 Å². The molecule has 0 aliphatic rings. The van der Waals surface area contributed by atoms with Gasteiger partial charge in [-0.15, -0.1) is 0 Å². The molecule has 0 aliphatic carbocycles. The fraction of sp³-hybridized carbons (Fsp3) is 0.400. The van der Waals surface area contributed by atoms with Crippen molar-refractivity contribution < 1.29 is 13.9 Å². The van der Waals surface area contributed by atoms with Crippen molar-refractivity contribution in [3.05, 3.63) is 30.0 Å². The predicted octanol–water partition coefficient (Wildman–Crippen LogP) is 2.36. The number of hydrogen-bond donors (Lipinski definition) is 2. The van der Waals surface area contributed by atoms with E-state index in [2.05, 4.69) is 5.32 Å². The molecule has 0 aliphatic heterocycles. The number of carbonyl (C=O) groups is 1. The predicted molar refractivity (Wildman–Crippen MR) is 77.6 cm³/mol. The molecule has 20 heavy (non-hydrogen) atoms. The average Bonchev–Trinajstić information content (AvgIpc) is 2.81. The molecule has 0 spiro atoms. The van der Waals surface area contributed by atoms with Crippen LogP contribution in [0, 0.1) is 0 Å². The van der Waals surface area contributed by atoms with Gasteiger partial charge in [-0.3, -0.25) is 4.79 Å². The summed E-state index contributed by atoms with van der Waals surface area (Å²) < 4.78 is 11.1. The van der Waals surface area contributed by atoms with E-state index in [1.54, 1.807) is 7.11 Å². The lowest BCUT2D eigenvalue weighted by Crippen LogP contribution is -2.32. The first-order chi connectivity index (χ1) is 9.51. The SMILES string of the molecule is COc1cccc2cc(C(C)NC(C)CC(N)=O)oc12. The first-order valence-corrected chi connectivity index (χ1v) is 6.62. The van der Waals surface area contributed by atoms with Crippen molar-refractivity contribution >= 4 is 16.9 Å². The van der Waals surface area contributed by atoms with Crippen LogP contribution in [0.5, 0.6) is 5.75 Å². The molecule has 1 amide bonds. The maximum absolute atomic E-state index is 10.9. The third-order valence-electron chi connectivity index (χ3n) is 3.22. The molecular formula is C15H20N2O3. The normalized spacial score (nSPS) is 14.2. The van der Waals surface area contributed by atoms with Gasteiger partial charge in [0.15, 0.2) is 11.3 Å². The minimum absolute atomic E-state index is 0.00222. The van der Waals surface area contributed by atoms with Crippen molar-refractivity contribution in [3.8, 4) is 5.75 Å². The Balaban J connectivity index is 2.18. The Labute approximate surface area is 118 Å². The Kier molecular flexibility index (Phi) is 4.29. The number of amides is 1. The Morgan fingerprint density at radius 1 is 1.45 bits per heavy atom. The van der Waals surface area contributed by atoms with Crippen molar-refractivity contribution in [2.24, 2.45) is 5.73 Å². The molecule has 5 nitrogen and oxygen atoms in total. The van der Waals surface area contributed by atoms with E-state index in [1.165, 1.54) is 0 Å². The molecule has 0 saturated heterocycles. The Morgan fingerprint density at radius 2 is 2.20 bits per heavy atom. The number of para-hydroxylation sites is 1. The van der Waals surface area contributed by atoms with Crippen LogP contribution in [0.25, 0.3) is 11.0 Å². The highest BCUT2D eigenvalue weighted by Gasteiger charge is 2.16. The maximum atomic E-state index is 10.9. The summed E-state index contributed by atoms with van der Waals surface area (Å²) in [6.45, 7) is 3.91. The number of benzene rings is 1. The van der Waals surface area contributed by atoms with Crippen molar-refractivity contribution in [2.75, 3.05) is 7.11 Å². The zero-order chi connectivity index (χ0) is 14.7. The molecule has 2 aromatic rings. The van der Waals surface area contributed by atoms with Gasteiger partial charge in [0, 0.05) is 17.8 Å². The Bertz CT molecular complexity index is 606. The van der Waals surface area contributed by atoms with Gasteiger partial charge in [0.1, 0.15) is 5.76 Å². The van der Waals surface area contributed by atoms with Crippen LogP contribution in [0.3, 0.4) is 0 Å². The number of carbonyl (C=O) groups excluding carboxylic acids is 1. The van der Waals surface area contributed by atoms with Gasteiger partial charge in [-0.25, -0.2) is 0 Å². The lowest BCUT2D eigenvalue weighted by Gasteiger charge is -2.16. The minimum atomic E-state index is -0.316. The number of nitrogens with two attached hydrogens (primary N) is 1. The van der Waals surface area contributed by atoms with Gasteiger partial charge in [-0.2, -0.15) is 0 Å². The Morgan fingerprint density at radius 3 is 2.85 bits per heavy atom. The van der Waals surface area contributed by atoms with E-state index in [9.17, 15) is 4.79 Å². The lowest BCUT2D eigenvalue weighted by atomic mass is 10.1. The summed E-state index contributed by atoms with van der Waals surface area (Å²) in [5.41, 5.74) is 5.93. The number of fused-ring (bicyclic) bond motifs is 1. The van der Waals surface area contributed by atoms with Crippen molar-refractivity contribution in [1.29, 1.82) is 0 Å². The smallest absolute Gasteiger partial charge is 0.218 e. The first-order valence-electron chi connectivity index (χ1n) is 6.62. The van der Waals surface area contributed by atoms with Crippen LogP contribution < -0.4 is 15.8 Å². The summed E-state index contributed by atoms with van der Waals surface area (Å²) in [6.07, 6.45) is 0.299. The molecule has 5 heteroatoms. The third-order valence-corrected chi connectivity index (χ3v) is 3.22. The summed E-state index contributed by atoms with van der Waals surface area (Å²) in [5, 5.41) is 4.29. The number of primary amides is 1. The van der Waals surface area contributed by atoms with Crippen LogP contribution in [-0.2, 0) is 4.79 Å². The van der Waals surface area contributed by atoms with Gasteiger partial charge in [-0.1, -0.05) is 12.1 Å². The minimum Gasteiger partial charge on any atom is -0.493 e. The summed E-state index contributed by atoms with van der Waals surface area (Å²) in [5.74, 6) is 1.20. The van der Waals surface area contributed by atoms with Gasteiger partial charge in [0.25, 0.3) is 0 Å². The molecule has 0 radical (unpaired) electrons. The topological polar surface area (TPSA) is 77.5 Å². The zero-order valence-corrected chi connectivity index (χ0v) is 12.0. The molecule has 0 bridgehead atoms. The van der Waals surface area contributed by atoms with Crippen molar-refractivity contribution in [2.45, 2.75) is 32.4 Å². The highest BCUT2D eigenvalue weighted by Crippen LogP contribution is 2.30. The van der Waals surface area contributed by atoms with Gasteiger partial charge in [-0.05, 0) is 26.0 Å². The first kappa shape index (κ1) is 14.4. The lowest BCUT2D eigenvalue weighted by molar-refractivity contribution is -0.118. The van der Waals surface area contributed by atoms with E-state index in [1.807, 2.05) is 38.1 Å². The molecule has 2 unspecified atom stereocenters. The number of furan rings is 1. The second-order valence-electron chi connectivity index (χ2n) is 4.99. The summed E-state index contributed by atoms with van der Waals surface area (Å²) >= 11 is 0. The fourth-order valence-corrected chi connectivity index (χ4v) is 2.30. The van der Waals surface area contributed by atoms with E-state index in [0.29, 0.717) is 12.2 Å². The third kappa shape index (κ3) is 3.11. The van der Waals surface area contributed by atoms with Gasteiger partial charge < -0.3 is 20.2 Å². The average molecular weight is 276 g/mol. The van der Waals surface area contributed by atoms with E-state index in [0.717, 1.165) is 16.7 Å². The van der Waals surface area contributed by atoms with Crippen LogP contribution in [0.15, 0.2) is 28.7 Å². The molecule has 1 heterocycles. The summed E-state index contributed by atoms with van der Waals surface area (Å²) in [7, 11) is 1.62. The van der Waals surface area contributed by atoms with Crippen LogP contribution in [0.4, 0.5) is 0 Å². The molecule has 1 aromatic carbocycles. The fourth-order valence-electron chi connectivity index (χ4n) is 2.30. The molecule has 2 rings (SSSR count). The highest BCUT2D eigenvalue weighted by molar-refractivity contribution is 5.83. The van der Waals surface area contributed by atoms with Crippen LogP contribution in [0.2, 0.25) is 0 Å². The van der Waals surface area contributed by atoms with Crippen LogP contribution >= 0.6 is 0 Å². The van der Waals surface area contributed by atoms with Crippen LogP contribution in [-0.4, -0.2) is 19.1 Å². The zero-order valence-electron chi connectivity index (χ0n) is 12.0. The van der Waals surface area contributed by atoms with Crippen LogP contribution in [0.1, 0.15) is 32.1 Å². The van der Waals surface area contributed by atoms with Crippen molar-refractivity contribution in [1.82, 2.24) is 5.32 Å². The highest BCUT2D eigenvalue weighted by atomic mass is 16.5.